The van der Waals surface area contributed by atoms with E-state index in [-0.39, 0.29) is 16.9 Å². The maximum atomic E-state index is 14.2. The standard InChI is InChI=1S/C29H36N2O8/c1-31(2)22-21-24(34)18-15(12-11-13-7-4-3-5-8-13)14-9-6-10-16(32)17(14)23(33)19(18)26(36)29(21,39)27(37)20(25(22)35)28(30)38/h6,9-10,13,15,18,21-22,24,32-34,37,39H,3-5,7-8,11-12H2,1-2H3,(H2,30,38)/t15-,18+,21+,22?,24-,29-/m0/s1. The number of nitrogens with two attached hydrogens (primary N) is 1. The Bertz CT molecular complexity index is 1290. The van der Waals surface area contributed by atoms with E-state index in [1.54, 1.807) is 12.1 Å². The molecule has 0 heterocycles. The number of hydrogen-bond donors (Lipinski definition) is 6. The summed E-state index contributed by atoms with van der Waals surface area (Å²) in [7, 11) is 3.00. The normalized spacial score (nSPS) is 33.2. The van der Waals surface area contributed by atoms with Gasteiger partial charge in [-0.3, -0.25) is 19.3 Å². The summed E-state index contributed by atoms with van der Waals surface area (Å²) in [6.07, 6.45) is 5.38. The molecule has 10 heteroatoms. The lowest BCUT2D eigenvalue weighted by molar-refractivity contribution is -0.169. The van der Waals surface area contributed by atoms with Crippen LogP contribution in [0.4, 0.5) is 0 Å². The number of likely N-dealkylation sites (N-methyl/N-ethyl adjacent to an activating group) is 1. The van der Waals surface area contributed by atoms with Gasteiger partial charge in [0.2, 0.25) is 5.78 Å². The van der Waals surface area contributed by atoms with Crippen molar-refractivity contribution in [3.8, 4) is 5.75 Å². The molecule has 7 N–H and O–H groups in total. The average molecular weight is 541 g/mol. The smallest absolute Gasteiger partial charge is 0.255 e. The molecule has 0 radical (unpaired) electrons. The third-order valence-corrected chi connectivity index (χ3v) is 9.41. The van der Waals surface area contributed by atoms with E-state index < -0.39 is 70.1 Å². The molecular formula is C29H36N2O8. The fraction of sp³-hybridized carbons (Fsp3) is 0.552. The van der Waals surface area contributed by atoms with Gasteiger partial charge in [0.25, 0.3) is 5.91 Å². The molecule has 1 aromatic rings. The molecule has 0 spiro atoms. The molecule has 39 heavy (non-hydrogen) atoms. The van der Waals surface area contributed by atoms with E-state index in [0.29, 0.717) is 17.9 Å². The van der Waals surface area contributed by atoms with E-state index in [1.165, 1.54) is 31.5 Å². The van der Waals surface area contributed by atoms with Crippen LogP contribution < -0.4 is 5.73 Å². The van der Waals surface area contributed by atoms with Crippen molar-refractivity contribution in [3.05, 3.63) is 46.2 Å². The second-order valence-electron chi connectivity index (χ2n) is 11.7. The van der Waals surface area contributed by atoms with Gasteiger partial charge in [0.05, 0.1) is 23.6 Å². The highest BCUT2D eigenvalue weighted by Crippen LogP contribution is 2.57. The number of aliphatic hydroxyl groups is 4. The zero-order chi connectivity index (χ0) is 28.4. The van der Waals surface area contributed by atoms with Crippen molar-refractivity contribution in [1.29, 1.82) is 0 Å². The summed E-state index contributed by atoms with van der Waals surface area (Å²) in [4.78, 5) is 41.1. The van der Waals surface area contributed by atoms with Crippen molar-refractivity contribution in [3.63, 3.8) is 0 Å². The van der Waals surface area contributed by atoms with Crippen LogP contribution in [0.1, 0.15) is 62.0 Å². The Morgan fingerprint density at radius 3 is 2.36 bits per heavy atom. The van der Waals surface area contributed by atoms with E-state index >= 15 is 0 Å². The number of amides is 1. The summed E-state index contributed by atoms with van der Waals surface area (Å²) in [5.74, 6) is -8.10. The fourth-order valence-electron chi connectivity index (χ4n) is 7.63. The highest BCUT2D eigenvalue weighted by molar-refractivity contribution is 6.24. The summed E-state index contributed by atoms with van der Waals surface area (Å²) in [5, 5.41) is 56.9. The first-order chi connectivity index (χ1) is 18.4. The lowest BCUT2D eigenvalue weighted by Crippen LogP contribution is -2.70. The van der Waals surface area contributed by atoms with E-state index in [2.05, 4.69) is 0 Å². The van der Waals surface area contributed by atoms with Crippen molar-refractivity contribution in [2.75, 3.05) is 14.1 Å². The molecule has 1 amide bonds. The Morgan fingerprint density at radius 1 is 1.08 bits per heavy atom. The highest BCUT2D eigenvalue weighted by atomic mass is 16.4. The second kappa shape index (κ2) is 9.76. The first-order valence-corrected chi connectivity index (χ1v) is 13.6. The third-order valence-electron chi connectivity index (χ3n) is 9.41. The lowest BCUT2D eigenvalue weighted by atomic mass is 9.53. The van der Waals surface area contributed by atoms with Gasteiger partial charge in [-0.15, -0.1) is 0 Å². The molecule has 0 aromatic heterocycles. The Morgan fingerprint density at radius 2 is 1.74 bits per heavy atom. The molecule has 5 rings (SSSR count). The fourth-order valence-corrected chi connectivity index (χ4v) is 7.63. The summed E-state index contributed by atoms with van der Waals surface area (Å²) >= 11 is 0. The van der Waals surface area contributed by atoms with E-state index in [9.17, 15) is 39.9 Å². The monoisotopic (exact) mass is 540 g/mol. The number of rotatable bonds is 5. The number of phenols is 1. The molecule has 10 nitrogen and oxygen atoms in total. The summed E-state index contributed by atoms with van der Waals surface area (Å²) < 4.78 is 0. The number of nitrogens with zero attached hydrogens (tertiary/aromatic N) is 1. The average Bonchev–Trinajstić information content (AvgIpc) is 2.88. The molecule has 1 aromatic carbocycles. The number of aromatic hydroxyl groups is 1. The number of aliphatic hydroxyl groups excluding tert-OH is 3. The first kappa shape index (κ1) is 27.4. The number of hydrogen-bond acceptors (Lipinski definition) is 9. The van der Waals surface area contributed by atoms with E-state index in [1.807, 2.05) is 0 Å². The first-order valence-electron chi connectivity index (χ1n) is 13.6. The Labute approximate surface area is 226 Å². The zero-order valence-electron chi connectivity index (χ0n) is 22.1. The van der Waals surface area contributed by atoms with Crippen LogP contribution in [0, 0.1) is 17.8 Å². The van der Waals surface area contributed by atoms with Gasteiger partial charge >= 0.3 is 0 Å². The van der Waals surface area contributed by atoms with Crippen LogP contribution in [0.15, 0.2) is 35.1 Å². The SMILES string of the molecule is CN(C)C1C(=O)C(C(N)=O)=C(O)[C@@]2(O)C(=O)C3=C(O)c4c(O)cccc4[C@H](CCC4CCCCC4)[C@H]3[C@H](O)[C@@H]12. The van der Waals surface area contributed by atoms with Crippen LogP contribution in [-0.2, 0) is 14.4 Å². The third kappa shape index (κ3) is 3.91. The topological polar surface area (TPSA) is 182 Å². The van der Waals surface area contributed by atoms with Crippen molar-refractivity contribution < 1.29 is 39.9 Å². The van der Waals surface area contributed by atoms with Gasteiger partial charge in [-0.2, -0.15) is 0 Å². The van der Waals surface area contributed by atoms with Gasteiger partial charge in [-0.25, -0.2) is 0 Å². The van der Waals surface area contributed by atoms with Crippen LogP contribution >= 0.6 is 0 Å². The Kier molecular flexibility index (Phi) is 6.85. The number of carbonyl (C=O) groups is 3. The van der Waals surface area contributed by atoms with Crippen LogP contribution in [0.2, 0.25) is 0 Å². The van der Waals surface area contributed by atoms with Gasteiger partial charge in [-0.05, 0) is 50.4 Å². The largest absolute Gasteiger partial charge is 0.508 e. The predicted octanol–water partition coefficient (Wildman–Crippen LogP) is 1.84. The molecule has 2 saturated carbocycles. The van der Waals surface area contributed by atoms with Crippen LogP contribution in [0.25, 0.3) is 5.76 Å². The molecule has 6 atom stereocenters. The lowest BCUT2D eigenvalue weighted by Gasteiger charge is -2.54. The van der Waals surface area contributed by atoms with Crippen molar-refractivity contribution in [2.45, 2.75) is 68.6 Å². The Balaban J connectivity index is 1.71. The molecule has 0 aliphatic heterocycles. The number of primary amides is 1. The second-order valence-corrected chi connectivity index (χ2v) is 11.7. The quantitative estimate of drug-likeness (QED) is 0.304. The predicted molar refractivity (Wildman–Crippen MR) is 140 cm³/mol. The molecule has 4 aliphatic rings. The van der Waals surface area contributed by atoms with Crippen LogP contribution in [-0.4, -0.2) is 79.7 Å². The van der Waals surface area contributed by atoms with E-state index in [0.717, 1.165) is 32.1 Å². The van der Waals surface area contributed by atoms with Crippen molar-refractivity contribution in [2.24, 2.45) is 23.5 Å². The van der Waals surface area contributed by atoms with Crippen LogP contribution in [0.3, 0.4) is 0 Å². The summed E-state index contributed by atoms with van der Waals surface area (Å²) in [6.45, 7) is 0. The van der Waals surface area contributed by atoms with Gasteiger partial charge in [-0.1, -0.05) is 44.2 Å². The molecular weight excluding hydrogens is 504 g/mol. The van der Waals surface area contributed by atoms with E-state index in [4.69, 9.17) is 5.73 Å². The van der Waals surface area contributed by atoms with Gasteiger partial charge < -0.3 is 31.3 Å². The minimum absolute atomic E-state index is 0.0367. The zero-order valence-corrected chi connectivity index (χ0v) is 22.1. The maximum Gasteiger partial charge on any atom is 0.255 e. The number of carbonyl (C=O) groups excluding carboxylic acids is 3. The number of Topliss-reactive ketones (excluding diaryl/α,β-unsaturated/α-hetero) is 2. The Hall–Kier alpha value is -3.21. The molecule has 0 bridgehead atoms. The summed E-state index contributed by atoms with van der Waals surface area (Å²) in [6, 6.07) is 3.39. The van der Waals surface area contributed by atoms with Crippen molar-refractivity contribution in [1.82, 2.24) is 4.90 Å². The number of phenolic OH excluding ortho intramolecular Hbond substituents is 1. The molecule has 210 valence electrons. The molecule has 1 unspecified atom stereocenters. The van der Waals surface area contributed by atoms with Crippen LogP contribution in [0.5, 0.6) is 5.75 Å². The van der Waals surface area contributed by atoms with Gasteiger partial charge in [0.1, 0.15) is 22.8 Å². The van der Waals surface area contributed by atoms with Gasteiger partial charge in [0, 0.05) is 11.5 Å². The number of ketones is 2. The summed E-state index contributed by atoms with van der Waals surface area (Å²) in [5.41, 5.74) is 1.81. The molecule has 2 fully saturated rings. The van der Waals surface area contributed by atoms with Gasteiger partial charge in [0.15, 0.2) is 11.4 Å². The minimum Gasteiger partial charge on any atom is -0.508 e. The maximum absolute atomic E-state index is 14.2. The highest BCUT2D eigenvalue weighted by Gasteiger charge is 2.68. The number of benzene rings is 1. The molecule has 4 aliphatic carbocycles. The van der Waals surface area contributed by atoms with Crippen molar-refractivity contribution >= 4 is 23.2 Å². The minimum atomic E-state index is -2.90. The molecule has 0 saturated heterocycles. The number of fused-ring (bicyclic) bond motifs is 3.